The van der Waals surface area contributed by atoms with E-state index in [4.69, 9.17) is 4.42 Å². The second-order valence-corrected chi connectivity index (χ2v) is 7.95. The van der Waals surface area contributed by atoms with Crippen molar-refractivity contribution < 1.29 is 9.21 Å². The van der Waals surface area contributed by atoms with Gasteiger partial charge in [-0.1, -0.05) is 12.1 Å². The fourth-order valence-corrected chi connectivity index (χ4v) is 4.07. The van der Waals surface area contributed by atoms with E-state index in [0.717, 1.165) is 29.7 Å². The highest BCUT2D eigenvalue weighted by atomic mass is 16.3. The molecular weight excluding hydrogens is 394 g/mol. The van der Waals surface area contributed by atoms with Crippen LogP contribution in [0.4, 0.5) is 0 Å². The van der Waals surface area contributed by atoms with Crippen molar-refractivity contribution in [2.45, 2.75) is 45.4 Å². The van der Waals surface area contributed by atoms with Gasteiger partial charge in [0.05, 0.1) is 17.1 Å². The van der Waals surface area contributed by atoms with E-state index in [-0.39, 0.29) is 24.1 Å². The minimum atomic E-state index is -0.311. The number of aryl methyl sites for hydroxylation is 1. The Hall–Kier alpha value is -3.68. The van der Waals surface area contributed by atoms with Crippen LogP contribution >= 0.6 is 0 Å². The van der Waals surface area contributed by atoms with Gasteiger partial charge in [-0.25, -0.2) is 4.68 Å². The molecule has 0 bridgehead atoms. The van der Waals surface area contributed by atoms with E-state index in [1.807, 2.05) is 34.6 Å². The second-order valence-electron chi connectivity index (χ2n) is 7.95. The standard InChI is InChI=1S/C23H23N5O3/c1-3-9-26-19-10-15(2)31-22(19)18-12-25-28(23(30)21(18)26)14-20(29)27(17-6-7-17)13-16-5-4-8-24-11-16/h3-5,8,10-12,17H,1,6-7,9,13-14H2,2H3. The maximum Gasteiger partial charge on any atom is 0.291 e. The van der Waals surface area contributed by atoms with Gasteiger partial charge in [0.25, 0.3) is 5.56 Å². The van der Waals surface area contributed by atoms with Crippen molar-refractivity contribution in [2.24, 2.45) is 0 Å². The highest BCUT2D eigenvalue weighted by Gasteiger charge is 2.33. The third-order valence-corrected chi connectivity index (χ3v) is 5.64. The Bertz CT molecular complexity index is 1340. The van der Waals surface area contributed by atoms with Crippen molar-refractivity contribution in [1.82, 2.24) is 24.2 Å². The van der Waals surface area contributed by atoms with Crippen molar-refractivity contribution in [2.75, 3.05) is 0 Å². The maximum absolute atomic E-state index is 13.3. The molecule has 1 aliphatic rings. The van der Waals surface area contributed by atoms with Gasteiger partial charge in [0, 0.05) is 37.6 Å². The van der Waals surface area contributed by atoms with Gasteiger partial charge in [0.2, 0.25) is 5.91 Å². The molecule has 4 heterocycles. The number of fused-ring (bicyclic) bond motifs is 3. The van der Waals surface area contributed by atoms with E-state index < -0.39 is 0 Å². The zero-order valence-corrected chi connectivity index (χ0v) is 17.3. The predicted molar refractivity (Wildman–Crippen MR) is 117 cm³/mol. The van der Waals surface area contributed by atoms with E-state index in [2.05, 4.69) is 16.7 Å². The number of amides is 1. The number of aromatic nitrogens is 4. The first-order chi connectivity index (χ1) is 15.1. The quantitative estimate of drug-likeness (QED) is 0.432. The Morgan fingerprint density at radius 2 is 2.23 bits per heavy atom. The second kappa shape index (κ2) is 7.54. The summed E-state index contributed by atoms with van der Waals surface area (Å²) >= 11 is 0. The van der Waals surface area contributed by atoms with Crippen LogP contribution in [0.3, 0.4) is 0 Å². The molecule has 0 aromatic carbocycles. The molecule has 0 unspecified atom stereocenters. The summed E-state index contributed by atoms with van der Waals surface area (Å²) < 4.78 is 8.92. The average Bonchev–Trinajstić information content (AvgIpc) is 3.47. The van der Waals surface area contributed by atoms with Crippen LogP contribution in [0, 0.1) is 6.92 Å². The number of rotatable bonds is 7. The van der Waals surface area contributed by atoms with Crippen LogP contribution in [-0.4, -0.2) is 36.2 Å². The predicted octanol–water partition coefficient (Wildman–Crippen LogP) is 3.02. The van der Waals surface area contributed by atoms with E-state index in [0.29, 0.717) is 29.6 Å². The lowest BCUT2D eigenvalue weighted by atomic mass is 10.2. The van der Waals surface area contributed by atoms with Crippen LogP contribution < -0.4 is 5.56 Å². The Balaban J connectivity index is 1.50. The Morgan fingerprint density at radius 3 is 2.94 bits per heavy atom. The molecule has 1 amide bonds. The molecule has 0 spiro atoms. The van der Waals surface area contributed by atoms with Crippen LogP contribution in [0.15, 0.2) is 58.7 Å². The number of carbonyl (C=O) groups excluding carboxylic acids is 1. The van der Waals surface area contributed by atoms with Gasteiger partial charge in [0.15, 0.2) is 5.58 Å². The van der Waals surface area contributed by atoms with Crippen LogP contribution in [0.2, 0.25) is 0 Å². The lowest BCUT2D eigenvalue weighted by Crippen LogP contribution is -2.38. The topological polar surface area (TPSA) is 86.2 Å². The van der Waals surface area contributed by atoms with E-state index in [1.54, 1.807) is 24.7 Å². The van der Waals surface area contributed by atoms with Gasteiger partial charge in [-0.05, 0) is 31.4 Å². The third-order valence-electron chi connectivity index (χ3n) is 5.64. The highest BCUT2D eigenvalue weighted by molar-refractivity contribution is 6.04. The summed E-state index contributed by atoms with van der Waals surface area (Å²) in [5.74, 6) is 0.640. The fourth-order valence-electron chi connectivity index (χ4n) is 4.07. The molecule has 1 fully saturated rings. The highest BCUT2D eigenvalue weighted by Crippen LogP contribution is 2.30. The zero-order valence-electron chi connectivity index (χ0n) is 17.3. The number of nitrogens with zero attached hydrogens (tertiary/aromatic N) is 5. The minimum absolute atomic E-state index is 0.106. The number of pyridine rings is 1. The molecule has 5 rings (SSSR count). The number of carbonyl (C=O) groups is 1. The first-order valence-electron chi connectivity index (χ1n) is 10.3. The summed E-state index contributed by atoms with van der Waals surface area (Å²) in [6.07, 6.45) is 8.77. The van der Waals surface area contributed by atoms with Crippen molar-refractivity contribution in [1.29, 1.82) is 0 Å². The molecular formula is C23H23N5O3. The third kappa shape index (κ3) is 3.43. The molecule has 4 aromatic rings. The summed E-state index contributed by atoms with van der Waals surface area (Å²) in [5.41, 5.74) is 2.59. The summed E-state index contributed by atoms with van der Waals surface area (Å²) in [5, 5.41) is 4.94. The molecule has 31 heavy (non-hydrogen) atoms. The van der Waals surface area contributed by atoms with Gasteiger partial charge >= 0.3 is 0 Å². The van der Waals surface area contributed by atoms with Gasteiger partial charge in [-0.15, -0.1) is 6.58 Å². The van der Waals surface area contributed by atoms with E-state index >= 15 is 0 Å². The maximum atomic E-state index is 13.3. The van der Waals surface area contributed by atoms with Crippen molar-refractivity contribution in [3.63, 3.8) is 0 Å². The van der Waals surface area contributed by atoms with Crippen molar-refractivity contribution in [3.05, 3.63) is 71.1 Å². The van der Waals surface area contributed by atoms with Gasteiger partial charge < -0.3 is 13.9 Å². The molecule has 0 N–H and O–H groups in total. The molecule has 0 aliphatic heterocycles. The van der Waals surface area contributed by atoms with E-state index in [9.17, 15) is 9.59 Å². The lowest BCUT2D eigenvalue weighted by Gasteiger charge is -2.22. The largest absolute Gasteiger partial charge is 0.459 e. The molecule has 0 atom stereocenters. The molecule has 0 saturated heterocycles. The summed E-state index contributed by atoms with van der Waals surface area (Å²) in [6, 6.07) is 5.92. The summed E-state index contributed by atoms with van der Waals surface area (Å²) in [7, 11) is 0. The van der Waals surface area contributed by atoms with Gasteiger partial charge in [0.1, 0.15) is 17.8 Å². The number of hydrogen-bond acceptors (Lipinski definition) is 5. The molecule has 8 heteroatoms. The Morgan fingerprint density at radius 1 is 1.39 bits per heavy atom. The number of allylic oxidation sites excluding steroid dienone is 1. The SMILES string of the molecule is C=CCn1c2cc(C)oc2c2cnn(CC(=O)N(Cc3cccnc3)C3CC3)c(=O)c21. The smallest absolute Gasteiger partial charge is 0.291 e. The van der Waals surface area contributed by atoms with Crippen LogP contribution in [0.5, 0.6) is 0 Å². The van der Waals surface area contributed by atoms with Crippen molar-refractivity contribution >= 4 is 27.9 Å². The number of hydrogen-bond donors (Lipinski definition) is 0. The fraction of sp³-hybridized carbons (Fsp3) is 0.304. The van der Waals surface area contributed by atoms with Crippen LogP contribution in [0.1, 0.15) is 24.2 Å². The lowest BCUT2D eigenvalue weighted by molar-refractivity contribution is -0.133. The average molecular weight is 417 g/mol. The van der Waals surface area contributed by atoms with Crippen molar-refractivity contribution in [3.8, 4) is 0 Å². The summed E-state index contributed by atoms with van der Waals surface area (Å²) in [4.78, 5) is 32.4. The molecule has 4 aromatic heterocycles. The molecule has 158 valence electrons. The number of furan rings is 1. The monoisotopic (exact) mass is 417 g/mol. The van der Waals surface area contributed by atoms with Crippen LogP contribution in [0.25, 0.3) is 22.0 Å². The zero-order chi connectivity index (χ0) is 21.5. The molecule has 1 saturated carbocycles. The molecule has 8 nitrogen and oxygen atoms in total. The minimum Gasteiger partial charge on any atom is -0.459 e. The Labute approximate surface area is 178 Å². The van der Waals surface area contributed by atoms with E-state index in [1.165, 1.54) is 4.68 Å². The van der Waals surface area contributed by atoms with Gasteiger partial charge in [-0.2, -0.15) is 5.10 Å². The first-order valence-corrected chi connectivity index (χ1v) is 10.3. The molecule has 0 radical (unpaired) electrons. The molecule has 1 aliphatic carbocycles. The van der Waals surface area contributed by atoms with Gasteiger partial charge in [-0.3, -0.25) is 14.6 Å². The summed E-state index contributed by atoms with van der Waals surface area (Å²) in [6.45, 7) is 6.50. The van der Waals surface area contributed by atoms with Crippen LogP contribution in [-0.2, 0) is 24.4 Å². The first kappa shape index (κ1) is 19.3. The Kier molecular flexibility index (Phi) is 4.69. The normalized spacial score (nSPS) is 13.7.